The van der Waals surface area contributed by atoms with E-state index in [2.05, 4.69) is 0 Å². The van der Waals surface area contributed by atoms with Gasteiger partial charge in [0.2, 0.25) is 0 Å². The topological polar surface area (TPSA) is 23.5 Å². The molecule has 2 fully saturated rings. The fraction of sp³-hybridized carbons (Fsp3) is 0.647. The zero-order valence-electron chi connectivity index (χ0n) is 14.2. The third kappa shape index (κ3) is 1.53. The minimum atomic E-state index is -2.00. The maximum Gasteiger partial charge on any atom is 0.115 e. The molecule has 1 heterocycles. The molecule has 19 heavy (non-hydrogen) atoms. The average molecular weight is 260 g/mol. The molecule has 2 bridgehead atoms. The van der Waals surface area contributed by atoms with Gasteiger partial charge in [0, 0.05) is 15.6 Å². The van der Waals surface area contributed by atoms with Gasteiger partial charge in [-0.2, -0.15) is 0 Å². The second-order valence-electron chi connectivity index (χ2n) is 6.56. The Morgan fingerprint density at radius 2 is 2.32 bits per heavy atom. The van der Waals surface area contributed by atoms with Crippen LogP contribution in [-0.2, 0) is 11.8 Å². The Balaban J connectivity index is 1.85. The number of rotatable bonds is 0. The van der Waals surface area contributed by atoms with E-state index in [0.29, 0.717) is 18.2 Å². The number of hydrogen-bond donors (Lipinski definition) is 1. The number of hydrogen-bond acceptors (Lipinski definition) is 2. The van der Waals surface area contributed by atoms with E-state index in [0.717, 1.165) is 25.7 Å². The fourth-order valence-electron chi connectivity index (χ4n) is 4.99. The van der Waals surface area contributed by atoms with Crippen LogP contribution in [0.2, 0.25) is 0 Å². The van der Waals surface area contributed by atoms with Crippen LogP contribution in [0.4, 0.5) is 0 Å². The van der Waals surface area contributed by atoms with E-state index in [1.807, 2.05) is 12.1 Å². The van der Waals surface area contributed by atoms with E-state index in [4.69, 9.17) is 4.11 Å². The first-order valence-electron chi connectivity index (χ1n) is 9.01. The summed E-state index contributed by atoms with van der Waals surface area (Å²) in [5, 5.41) is 9.95. The summed E-state index contributed by atoms with van der Waals surface area (Å²) in [6, 6.07) is 5.83. The van der Waals surface area contributed by atoms with Gasteiger partial charge < -0.3 is 10.0 Å². The van der Waals surface area contributed by atoms with Crippen molar-refractivity contribution in [2.24, 2.45) is 5.92 Å². The van der Waals surface area contributed by atoms with Gasteiger partial charge in [-0.25, -0.2) is 0 Å². The molecule has 0 amide bonds. The lowest BCUT2D eigenvalue weighted by molar-refractivity contribution is 0.00274. The van der Waals surface area contributed by atoms with E-state index in [-0.39, 0.29) is 11.5 Å². The van der Waals surface area contributed by atoms with Gasteiger partial charge in [0.25, 0.3) is 0 Å². The Hall–Kier alpha value is -1.02. The van der Waals surface area contributed by atoms with Gasteiger partial charge in [-0.1, -0.05) is 18.9 Å². The molecule has 0 radical (unpaired) electrons. The smallest absolute Gasteiger partial charge is 0.115 e. The minimum Gasteiger partial charge on any atom is -0.508 e. The van der Waals surface area contributed by atoms with Gasteiger partial charge >= 0.3 is 0 Å². The largest absolute Gasteiger partial charge is 0.508 e. The van der Waals surface area contributed by atoms with E-state index >= 15 is 0 Å². The molecule has 1 aliphatic heterocycles. The van der Waals surface area contributed by atoms with Crippen LogP contribution in [-0.4, -0.2) is 29.6 Å². The molecule has 3 unspecified atom stereocenters. The predicted molar refractivity (Wildman–Crippen MR) is 76.5 cm³/mol. The predicted octanol–water partition coefficient (Wildman–Crippen LogP) is 3.08. The minimum absolute atomic E-state index is 0.0942. The number of phenols is 1. The molecule has 0 spiro atoms. The second kappa shape index (κ2) is 3.99. The lowest BCUT2D eigenvalue weighted by Crippen LogP contribution is -2.59. The fourth-order valence-corrected chi connectivity index (χ4v) is 4.99. The molecule has 1 saturated carbocycles. The van der Waals surface area contributed by atoms with Gasteiger partial charge in [-0.05, 0) is 68.4 Å². The number of benzene rings is 1. The van der Waals surface area contributed by atoms with Crippen molar-refractivity contribution in [3.8, 4) is 5.75 Å². The Morgan fingerprint density at radius 1 is 1.37 bits per heavy atom. The normalized spacial score (nSPS) is 40.5. The number of likely N-dealkylation sites (N-methyl/N-ethyl adjacent to an activating group) is 1. The zero-order chi connectivity index (χ0) is 15.5. The SMILES string of the molecule is [2H]C([2H])([2H])N1CCC23CCCCC2C1Cc1ccc(O)cc13. The van der Waals surface area contributed by atoms with Crippen molar-refractivity contribution < 1.29 is 9.22 Å². The van der Waals surface area contributed by atoms with Crippen LogP contribution >= 0.6 is 0 Å². The molecule has 1 saturated heterocycles. The maximum absolute atomic E-state index is 9.95. The van der Waals surface area contributed by atoms with E-state index in [1.165, 1.54) is 24.0 Å². The third-order valence-electron chi connectivity index (χ3n) is 5.82. The molecule has 0 aromatic heterocycles. The number of nitrogens with zero attached hydrogens (tertiary/aromatic N) is 1. The molecule has 3 aliphatic rings. The standard InChI is InChI=1S/C17H23NO/c1-18-9-8-17-7-3-2-4-14(17)16(18)10-12-5-6-13(19)11-15(12)17/h5-6,11,14,16,19H,2-4,7-10H2,1H3/i1D3. The highest BCUT2D eigenvalue weighted by Crippen LogP contribution is 2.55. The average Bonchev–Trinajstić information content (AvgIpc) is 2.47. The third-order valence-corrected chi connectivity index (χ3v) is 5.82. The summed E-state index contributed by atoms with van der Waals surface area (Å²) in [5.41, 5.74) is 2.64. The monoisotopic (exact) mass is 260 g/mol. The Bertz CT molecular complexity index is 600. The molecule has 102 valence electrons. The molecular weight excluding hydrogens is 234 g/mol. The van der Waals surface area contributed by atoms with Gasteiger partial charge in [-0.15, -0.1) is 0 Å². The molecule has 4 rings (SSSR count). The van der Waals surface area contributed by atoms with Crippen molar-refractivity contribution in [3.05, 3.63) is 29.3 Å². The summed E-state index contributed by atoms with van der Waals surface area (Å²) in [6.07, 6.45) is 6.38. The van der Waals surface area contributed by atoms with Crippen LogP contribution in [0.25, 0.3) is 0 Å². The van der Waals surface area contributed by atoms with Gasteiger partial charge in [-0.3, -0.25) is 0 Å². The maximum atomic E-state index is 9.95. The summed E-state index contributed by atoms with van der Waals surface area (Å²) in [5.74, 6) is 0.763. The molecule has 2 aliphatic carbocycles. The number of aromatic hydroxyl groups is 1. The summed E-state index contributed by atoms with van der Waals surface area (Å²) in [6.45, 7) is -1.35. The van der Waals surface area contributed by atoms with E-state index < -0.39 is 6.98 Å². The number of phenolic OH excluding ortho intramolecular Hbond substituents is 1. The van der Waals surface area contributed by atoms with Crippen LogP contribution in [0.3, 0.4) is 0 Å². The highest BCUT2D eigenvalue weighted by Gasteiger charge is 2.52. The highest BCUT2D eigenvalue weighted by atomic mass is 16.3. The van der Waals surface area contributed by atoms with Crippen molar-refractivity contribution in [2.75, 3.05) is 13.5 Å². The number of piperidine rings is 1. The quantitative estimate of drug-likeness (QED) is 0.775. The summed E-state index contributed by atoms with van der Waals surface area (Å²) in [4.78, 5) is 1.77. The van der Waals surface area contributed by atoms with Crippen molar-refractivity contribution in [1.82, 2.24) is 4.90 Å². The van der Waals surface area contributed by atoms with Gasteiger partial charge in [0.1, 0.15) is 5.75 Å². The summed E-state index contributed by atoms with van der Waals surface area (Å²) < 4.78 is 23.7. The van der Waals surface area contributed by atoms with Crippen molar-refractivity contribution in [3.63, 3.8) is 0 Å². The van der Waals surface area contributed by atoms with Crippen LogP contribution < -0.4 is 0 Å². The molecule has 2 heteroatoms. The second-order valence-corrected chi connectivity index (χ2v) is 6.56. The van der Waals surface area contributed by atoms with E-state index in [1.54, 1.807) is 11.0 Å². The van der Waals surface area contributed by atoms with Gasteiger partial charge in [0.05, 0.1) is 0 Å². The Morgan fingerprint density at radius 3 is 3.21 bits per heavy atom. The number of likely N-dealkylation sites (tertiary alicyclic amines) is 1. The van der Waals surface area contributed by atoms with Crippen molar-refractivity contribution in [1.29, 1.82) is 0 Å². The Kier molecular flexibility index (Phi) is 1.89. The molecule has 1 aromatic rings. The molecule has 1 N–H and O–H groups in total. The highest BCUT2D eigenvalue weighted by molar-refractivity contribution is 5.45. The summed E-state index contributed by atoms with van der Waals surface area (Å²) >= 11 is 0. The van der Waals surface area contributed by atoms with Crippen molar-refractivity contribution in [2.45, 2.75) is 50.0 Å². The zero-order valence-corrected chi connectivity index (χ0v) is 11.2. The van der Waals surface area contributed by atoms with Crippen LogP contribution in [0.1, 0.15) is 47.3 Å². The first-order chi connectivity index (χ1) is 10.4. The first kappa shape index (κ1) is 9.02. The first-order valence-corrected chi connectivity index (χ1v) is 7.51. The lowest BCUT2D eigenvalue weighted by atomic mass is 9.52. The molecule has 1 aromatic carbocycles. The lowest BCUT2D eigenvalue weighted by Gasteiger charge is -2.58. The Labute approximate surface area is 119 Å². The van der Waals surface area contributed by atoms with Crippen molar-refractivity contribution >= 4 is 0 Å². The van der Waals surface area contributed by atoms with Gasteiger partial charge in [0.15, 0.2) is 0 Å². The molecule has 2 nitrogen and oxygen atoms in total. The molecule has 3 atom stereocenters. The number of fused-ring (bicyclic) bond motifs is 1. The van der Waals surface area contributed by atoms with E-state index in [9.17, 15) is 5.11 Å². The van der Waals surface area contributed by atoms with Crippen LogP contribution in [0.5, 0.6) is 5.75 Å². The van der Waals surface area contributed by atoms with Crippen LogP contribution in [0, 0.1) is 5.92 Å². The van der Waals surface area contributed by atoms with Crippen LogP contribution in [0.15, 0.2) is 18.2 Å². The molecular formula is C17H23NO. The summed E-state index contributed by atoms with van der Waals surface area (Å²) in [7, 11) is 0.